The van der Waals surface area contributed by atoms with Gasteiger partial charge in [0.15, 0.2) is 6.29 Å². The number of hydrogen-bond donors (Lipinski definition) is 0. The van der Waals surface area contributed by atoms with E-state index in [2.05, 4.69) is 5.16 Å². The summed E-state index contributed by atoms with van der Waals surface area (Å²) in [6.07, 6.45) is 5.81. The second-order valence-electron chi connectivity index (χ2n) is 4.50. The van der Waals surface area contributed by atoms with Crippen molar-refractivity contribution < 1.29 is 14.3 Å². The predicted molar refractivity (Wildman–Crippen MR) is 73.9 cm³/mol. The Kier molecular flexibility index (Phi) is 6.40. The highest BCUT2D eigenvalue weighted by Gasteiger charge is 2.12. The third-order valence-electron chi connectivity index (χ3n) is 2.91. The van der Waals surface area contributed by atoms with E-state index in [1.807, 2.05) is 30.3 Å². The topological polar surface area (TPSA) is 40.0 Å². The number of benzene rings is 1. The minimum absolute atomic E-state index is 0.0209. The molecule has 0 amide bonds. The Morgan fingerprint density at radius 2 is 2.16 bits per heavy atom. The maximum Gasteiger partial charge on any atom is 0.157 e. The van der Waals surface area contributed by atoms with Gasteiger partial charge in [-0.25, -0.2) is 0 Å². The van der Waals surface area contributed by atoms with Crippen LogP contribution in [0.5, 0.6) is 0 Å². The van der Waals surface area contributed by atoms with Gasteiger partial charge < -0.3 is 14.3 Å². The molecule has 0 N–H and O–H groups in total. The highest BCUT2D eigenvalue weighted by molar-refractivity contribution is 5.56. The van der Waals surface area contributed by atoms with Crippen molar-refractivity contribution in [3.8, 4) is 0 Å². The molecule has 0 saturated carbocycles. The SMILES string of the molecule is C(/CCOC1CCCCO1)=N\OCc1ccccc1. The van der Waals surface area contributed by atoms with Crippen molar-refractivity contribution in [3.63, 3.8) is 0 Å². The maximum absolute atomic E-state index is 5.58. The van der Waals surface area contributed by atoms with Crippen LogP contribution in [0.2, 0.25) is 0 Å². The number of rotatable bonds is 7. The molecule has 1 aromatic rings. The number of hydrogen-bond acceptors (Lipinski definition) is 4. The van der Waals surface area contributed by atoms with Crippen molar-refractivity contribution in [1.82, 2.24) is 0 Å². The Bertz CT molecular complexity index is 361. The summed E-state index contributed by atoms with van der Waals surface area (Å²) in [7, 11) is 0. The molecule has 0 radical (unpaired) electrons. The lowest BCUT2D eigenvalue weighted by molar-refractivity contribution is -0.160. The lowest BCUT2D eigenvalue weighted by Crippen LogP contribution is -2.22. The van der Waals surface area contributed by atoms with Gasteiger partial charge in [-0.15, -0.1) is 0 Å². The summed E-state index contributed by atoms with van der Waals surface area (Å²) in [4.78, 5) is 5.19. The third-order valence-corrected chi connectivity index (χ3v) is 2.91. The first-order valence-corrected chi connectivity index (χ1v) is 6.86. The van der Waals surface area contributed by atoms with Gasteiger partial charge >= 0.3 is 0 Å². The van der Waals surface area contributed by atoms with Gasteiger partial charge in [0, 0.05) is 19.2 Å². The normalized spacial score (nSPS) is 19.7. The molecule has 0 spiro atoms. The van der Waals surface area contributed by atoms with Crippen LogP contribution in [0.4, 0.5) is 0 Å². The number of oxime groups is 1. The Hall–Kier alpha value is -1.39. The highest BCUT2D eigenvalue weighted by Crippen LogP contribution is 2.13. The van der Waals surface area contributed by atoms with E-state index >= 15 is 0 Å². The summed E-state index contributed by atoms with van der Waals surface area (Å²) < 4.78 is 11.0. The fraction of sp³-hybridized carbons (Fsp3) is 0.533. The third kappa shape index (κ3) is 5.85. The van der Waals surface area contributed by atoms with Gasteiger partial charge in [-0.1, -0.05) is 35.5 Å². The fourth-order valence-corrected chi connectivity index (χ4v) is 1.89. The predicted octanol–water partition coefficient (Wildman–Crippen LogP) is 3.12. The second-order valence-corrected chi connectivity index (χ2v) is 4.50. The van der Waals surface area contributed by atoms with Gasteiger partial charge in [-0.3, -0.25) is 0 Å². The van der Waals surface area contributed by atoms with Crippen LogP contribution in [0.25, 0.3) is 0 Å². The Labute approximate surface area is 114 Å². The van der Waals surface area contributed by atoms with Gasteiger partial charge in [-0.05, 0) is 24.8 Å². The Balaban J connectivity index is 1.50. The minimum Gasteiger partial charge on any atom is -0.391 e. The quantitative estimate of drug-likeness (QED) is 0.431. The van der Waals surface area contributed by atoms with Crippen LogP contribution in [0, 0.1) is 0 Å². The molecule has 1 unspecified atom stereocenters. The van der Waals surface area contributed by atoms with E-state index in [0.29, 0.717) is 13.2 Å². The first-order chi connectivity index (χ1) is 9.45. The molecule has 1 heterocycles. The molecule has 1 atom stereocenters. The van der Waals surface area contributed by atoms with Crippen molar-refractivity contribution in [1.29, 1.82) is 0 Å². The summed E-state index contributed by atoms with van der Waals surface area (Å²) in [5, 5.41) is 3.90. The average Bonchev–Trinajstić information content (AvgIpc) is 2.48. The number of nitrogens with zero attached hydrogens (tertiary/aromatic N) is 1. The molecular formula is C15H21NO3. The van der Waals surface area contributed by atoms with Crippen molar-refractivity contribution in [2.45, 2.75) is 38.6 Å². The van der Waals surface area contributed by atoms with Crippen LogP contribution in [-0.4, -0.2) is 25.7 Å². The van der Waals surface area contributed by atoms with Crippen LogP contribution in [0.15, 0.2) is 35.5 Å². The first kappa shape index (κ1) is 14.0. The molecule has 2 rings (SSSR count). The Morgan fingerprint density at radius 1 is 1.26 bits per heavy atom. The van der Waals surface area contributed by atoms with Gasteiger partial charge in [0.2, 0.25) is 0 Å². The molecule has 0 aliphatic carbocycles. The summed E-state index contributed by atoms with van der Waals surface area (Å²) in [5.74, 6) is 0. The van der Waals surface area contributed by atoms with Gasteiger partial charge in [-0.2, -0.15) is 0 Å². The fourth-order valence-electron chi connectivity index (χ4n) is 1.89. The minimum atomic E-state index is -0.0209. The monoisotopic (exact) mass is 263 g/mol. The van der Waals surface area contributed by atoms with Crippen LogP contribution < -0.4 is 0 Å². The maximum atomic E-state index is 5.58. The summed E-state index contributed by atoms with van der Waals surface area (Å²) in [5.41, 5.74) is 1.12. The van der Waals surface area contributed by atoms with Crippen LogP contribution in [0.3, 0.4) is 0 Å². The molecule has 4 heteroatoms. The van der Waals surface area contributed by atoms with E-state index in [0.717, 1.165) is 31.4 Å². The zero-order chi connectivity index (χ0) is 13.2. The van der Waals surface area contributed by atoms with Crippen molar-refractivity contribution >= 4 is 6.21 Å². The molecule has 4 nitrogen and oxygen atoms in total. The largest absolute Gasteiger partial charge is 0.391 e. The summed E-state index contributed by atoms with van der Waals surface area (Å²) in [6, 6.07) is 9.98. The van der Waals surface area contributed by atoms with E-state index in [4.69, 9.17) is 14.3 Å². The smallest absolute Gasteiger partial charge is 0.157 e. The summed E-state index contributed by atoms with van der Waals surface area (Å²) in [6.45, 7) is 1.95. The van der Waals surface area contributed by atoms with Gasteiger partial charge in [0.05, 0.1) is 6.61 Å². The van der Waals surface area contributed by atoms with Gasteiger partial charge in [0.25, 0.3) is 0 Å². The molecular weight excluding hydrogens is 242 g/mol. The van der Waals surface area contributed by atoms with Gasteiger partial charge in [0.1, 0.15) is 6.61 Å². The van der Waals surface area contributed by atoms with Crippen LogP contribution in [-0.2, 0) is 20.9 Å². The molecule has 1 aliphatic heterocycles. The van der Waals surface area contributed by atoms with Crippen molar-refractivity contribution in [3.05, 3.63) is 35.9 Å². The van der Waals surface area contributed by atoms with Crippen LogP contribution >= 0.6 is 0 Å². The molecule has 1 aromatic carbocycles. The standard InChI is InChI=1S/C15H21NO3/c1-2-7-14(8-3-1)13-19-16-10-6-12-18-15-9-4-5-11-17-15/h1-3,7-8,10,15H,4-6,9,11-13H2/b16-10+. The van der Waals surface area contributed by atoms with E-state index in [1.165, 1.54) is 6.42 Å². The lowest BCUT2D eigenvalue weighted by atomic mass is 10.2. The molecule has 1 saturated heterocycles. The highest BCUT2D eigenvalue weighted by atomic mass is 16.7. The molecule has 19 heavy (non-hydrogen) atoms. The lowest BCUT2D eigenvalue weighted by Gasteiger charge is -2.22. The Morgan fingerprint density at radius 3 is 2.95 bits per heavy atom. The second kappa shape index (κ2) is 8.67. The van der Waals surface area contributed by atoms with Crippen molar-refractivity contribution in [2.24, 2.45) is 5.16 Å². The van der Waals surface area contributed by atoms with E-state index < -0.39 is 0 Å². The molecule has 104 valence electrons. The zero-order valence-corrected chi connectivity index (χ0v) is 11.2. The first-order valence-electron chi connectivity index (χ1n) is 6.86. The average molecular weight is 263 g/mol. The van der Waals surface area contributed by atoms with E-state index in [9.17, 15) is 0 Å². The van der Waals surface area contributed by atoms with E-state index in [1.54, 1.807) is 6.21 Å². The molecule has 1 aliphatic rings. The van der Waals surface area contributed by atoms with E-state index in [-0.39, 0.29) is 6.29 Å². The molecule has 1 fully saturated rings. The number of ether oxygens (including phenoxy) is 2. The van der Waals surface area contributed by atoms with Crippen LogP contribution in [0.1, 0.15) is 31.2 Å². The molecule has 0 bridgehead atoms. The molecule has 0 aromatic heterocycles. The zero-order valence-electron chi connectivity index (χ0n) is 11.2. The van der Waals surface area contributed by atoms with Crippen molar-refractivity contribution in [2.75, 3.05) is 13.2 Å². The summed E-state index contributed by atoms with van der Waals surface area (Å²) >= 11 is 0.